The highest BCUT2D eigenvalue weighted by atomic mass is 32.1. The van der Waals surface area contributed by atoms with Gasteiger partial charge < -0.3 is 4.90 Å². The van der Waals surface area contributed by atoms with E-state index < -0.39 is 5.82 Å². The van der Waals surface area contributed by atoms with Crippen molar-refractivity contribution < 1.29 is 9.18 Å². The van der Waals surface area contributed by atoms with Gasteiger partial charge in [-0.2, -0.15) is 11.3 Å². The van der Waals surface area contributed by atoms with Crippen molar-refractivity contribution in [2.45, 2.75) is 12.8 Å². The minimum absolute atomic E-state index is 0.141. The lowest BCUT2D eigenvalue weighted by Crippen LogP contribution is -2.33. The molecule has 4 rings (SSSR count). The number of rotatable bonds is 2. The van der Waals surface area contributed by atoms with Gasteiger partial charge in [0.1, 0.15) is 12.1 Å². The molecule has 1 aromatic carbocycles. The van der Waals surface area contributed by atoms with Crippen LogP contribution in [0.2, 0.25) is 0 Å². The van der Waals surface area contributed by atoms with Gasteiger partial charge >= 0.3 is 0 Å². The van der Waals surface area contributed by atoms with Gasteiger partial charge in [0.25, 0.3) is 5.91 Å². The molecule has 1 aliphatic rings. The molecule has 0 spiro atoms. The topological polar surface area (TPSA) is 46.1 Å². The van der Waals surface area contributed by atoms with Crippen LogP contribution in [0, 0.1) is 5.82 Å². The summed E-state index contributed by atoms with van der Waals surface area (Å²) in [5.74, 6) is -0.535. The van der Waals surface area contributed by atoms with E-state index >= 15 is 0 Å². The highest BCUT2D eigenvalue weighted by molar-refractivity contribution is 7.08. The SMILES string of the molecule is O=C(c1cccc(F)c1)N1CCc2ncnc(-c3ccsc3)c2CC1. The largest absolute Gasteiger partial charge is 0.338 e. The van der Waals surface area contributed by atoms with Crippen LogP contribution in [0.15, 0.2) is 47.4 Å². The number of nitrogens with zero attached hydrogens (tertiary/aromatic N) is 3. The molecule has 0 radical (unpaired) electrons. The quantitative estimate of drug-likeness (QED) is 0.707. The van der Waals surface area contributed by atoms with Crippen LogP contribution in [-0.2, 0) is 12.8 Å². The van der Waals surface area contributed by atoms with Gasteiger partial charge in [0.2, 0.25) is 0 Å². The average molecular weight is 353 g/mol. The van der Waals surface area contributed by atoms with Crippen molar-refractivity contribution in [3.8, 4) is 11.3 Å². The van der Waals surface area contributed by atoms with Crippen LogP contribution in [0.1, 0.15) is 21.6 Å². The zero-order valence-electron chi connectivity index (χ0n) is 13.5. The van der Waals surface area contributed by atoms with E-state index in [1.165, 1.54) is 12.1 Å². The Hall–Kier alpha value is -2.60. The molecule has 0 fully saturated rings. The Morgan fingerprint density at radius 3 is 2.84 bits per heavy atom. The lowest BCUT2D eigenvalue weighted by atomic mass is 10.0. The van der Waals surface area contributed by atoms with Gasteiger partial charge in [-0.15, -0.1) is 0 Å². The van der Waals surface area contributed by atoms with Gasteiger partial charge in [-0.25, -0.2) is 14.4 Å². The summed E-state index contributed by atoms with van der Waals surface area (Å²) in [6.45, 7) is 1.15. The molecule has 0 unspecified atom stereocenters. The summed E-state index contributed by atoms with van der Waals surface area (Å²) in [5, 5.41) is 4.10. The van der Waals surface area contributed by atoms with E-state index in [4.69, 9.17) is 0 Å². The number of aromatic nitrogens is 2. The van der Waals surface area contributed by atoms with Gasteiger partial charge in [-0.1, -0.05) is 6.07 Å². The van der Waals surface area contributed by atoms with Gasteiger partial charge in [0, 0.05) is 47.3 Å². The minimum Gasteiger partial charge on any atom is -0.338 e. The molecule has 0 aliphatic carbocycles. The summed E-state index contributed by atoms with van der Waals surface area (Å²) >= 11 is 1.63. The average Bonchev–Trinajstić information content (AvgIpc) is 3.07. The molecular formula is C19H16FN3OS. The summed E-state index contributed by atoms with van der Waals surface area (Å²) in [6.07, 6.45) is 2.97. The summed E-state index contributed by atoms with van der Waals surface area (Å²) in [6, 6.07) is 7.90. The first-order chi connectivity index (χ1) is 12.2. The Morgan fingerprint density at radius 1 is 1.16 bits per heavy atom. The second-order valence-corrected chi connectivity index (χ2v) is 6.74. The number of benzene rings is 1. The number of hydrogen-bond acceptors (Lipinski definition) is 4. The van der Waals surface area contributed by atoms with Crippen LogP contribution in [0.5, 0.6) is 0 Å². The molecule has 25 heavy (non-hydrogen) atoms. The molecular weight excluding hydrogens is 337 g/mol. The standard InChI is InChI=1S/C19H16FN3OS/c20-15-3-1-2-13(10-15)19(24)23-7-4-16-17(5-8-23)21-12-22-18(16)14-6-9-25-11-14/h1-3,6,9-12H,4-5,7-8H2. The maximum Gasteiger partial charge on any atom is 0.253 e. The molecule has 0 bridgehead atoms. The van der Waals surface area contributed by atoms with E-state index in [1.807, 2.05) is 11.4 Å². The Labute approximate surface area is 149 Å². The van der Waals surface area contributed by atoms with Gasteiger partial charge in [-0.3, -0.25) is 4.79 Å². The zero-order valence-corrected chi connectivity index (χ0v) is 14.3. The maximum atomic E-state index is 13.4. The zero-order chi connectivity index (χ0) is 17.2. The third kappa shape index (κ3) is 3.17. The summed E-state index contributed by atoms with van der Waals surface area (Å²) in [5.41, 5.74) is 4.52. The predicted molar refractivity (Wildman–Crippen MR) is 95.1 cm³/mol. The molecule has 1 aliphatic heterocycles. The smallest absolute Gasteiger partial charge is 0.253 e. The van der Waals surface area contributed by atoms with Crippen LogP contribution in [0.4, 0.5) is 4.39 Å². The van der Waals surface area contributed by atoms with E-state index in [9.17, 15) is 9.18 Å². The molecule has 0 N–H and O–H groups in total. The van der Waals surface area contributed by atoms with Gasteiger partial charge in [0.15, 0.2) is 0 Å². The molecule has 3 heterocycles. The predicted octanol–water partition coefficient (Wildman–Crippen LogP) is 3.59. The molecule has 4 nitrogen and oxygen atoms in total. The summed E-state index contributed by atoms with van der Waals surface area (Å²) in [7, 11) is 0. The third-order valence-electron chi connectivity index (χ3n) is 4.44. The van der Waals surface area contributed by atoms with E-state index in [1.54, 1.807) is 34.7 Å². The Kier molecular flexibility index (Phi) is 4.28. The highest BCUT2D eigenvalue weighted by Crippen LogP contribution is 2.27. The van der Waals surface area contributed by atoms with Crippen molar-refractivity contribution in [2.75, 3.05) is 13.1 Å². The van der Waals surface area contributed by atoms with E-state index in [0.717, 1.165) is 22.5 Å². The summed E-state index contributed by atoms with van der Waals surface area (Å²) in [4.78, 5) is 23.3. The normalized spacial score (nSPS) is 14.0. The van der Waals surface area contributed by atoms with Crippen LogP contribution in [0.25, 0.3) is 11.3 Å². The lowest BCUT2D eigenvalue weighted by molar-refractivity contribution is 0.0762. The van der Waals surface area contributed by atoms with Crippen molar-refractivity contribution >= 4 is 17.2 Å². The van der Waals surface area contributed by atoms with Crippen molar-refractivity contribution in [2.24, 2.45) is 0 Å². The van der Waals surface area contributed by atoms with Crippen LogP contribution in [-0.4, -0.2) is 33.9 Å². The third-order valence-corrected chi connectivity index (χ3v) is 5.12. The summed E-state index contributed by atoms with van der Waals surface area (Å²) < 4.78 is 13.4. The van der Waals surface area contributed by atoms with Crippen molar-refractivity contribution in [1.82, 2.24) is 14.9 Å². The number of carbonyl (C=O) groups is 1. The first kappa shape index (κ1) is 15.9. The fraction of sp³-hybridized carbons (Fsp3) is 0.211. The van der Waals surface area contributed by atoms with Crippen molar-refractivity contribution in [3.63, 3.8) is 0 Å². The monoisotopic (exact) mass is 353 g/mol. The molecule has 126 valence electrons. The lowest BCUT2D eigenvalue weighted by Gasteiger charge is -2.20. The van der Waals surface area contributed by atoms with Crippen LogP contribution in [0.3, 0.4) is 0 Å². The fourth-order valence-electron chi connectivity index (χ4n) is 3.18. The van der Waals surface area contributed by atoms with Crippen LogP contribution >= 0.6 is 11.3 Å². The first-order valence-electron chi connectivity index (χ1n) is 8.12. The van der Waals surface area contributed by atoms with Crippen molar-refractivity contribution in [1.29, 1.82) is 0 Å². The molecule has 2 aromatic heterocycles. The fourth-order valence-corrected chi connectivity index (χ4v) is 3.82. The maximum absolute atomic E-state index is 13.4. The Morgan fingerprint density at radius 2 is 2.04 bits per heavy atom. The Balaban J connectivity index is 1.60. The molecule has 6 heteroatoms. The second kappa shape index (κ2) is 6.72. The molecule has 0 saturated heterocycles. The number of halogens is 1. The molecule has 1 amide bonds. The molecule has 3 aromatic rings. The molecule has 0 atom stereocenters. The number of carbonyl (C=O) groups excluding carboxylic acids is 1. The number of amides is 1. The highest BCUT2D eigenvalue weighted by Gasteiger charge is 2.23. The number of hydrogen-bond donors (Lipinski definition) is 0. The van der Waals surface area contributed by atoms with E-state index in [-0.39, 0.29) is 5.91 Å². The van der Waals surface area contributed by atoms with Gasteiger partial charge in [-0.05, 0) is 36.1 Å². The number of fused-ring (bicyclic) bond motifs is 1. The van der Waals surface area contributed by atoms with E-state index in [2.05, 4.69) is 15.3 Å². The molecule has 0 saturated carbocycles. The van der Waals surface area contributed by atoms with Gasteiger partial charge in [0.05, 0.1) is 5.69 Å². The van der Waals surface area contributed by atoms with E-state index in [0.29, 0.717) is 31.5 Å². The number of thiophene rings is 1. The van der Waals surface area contributed by atoms with Crippen molar-refractivity contribution in [3.05, 3.63) is 70.1 Å². The first-order valence-corrected chi connectivity index (χ1v) is 9.07. The minimum atomic E-state index is -0.394. The second-order valence-electron chi connectivity index (χ2n) is 5.96. The van der Waals surface area contributed by atoms with Crippen LogP contribution < -0.4 is 0 Å². The Bertz CT molecular complexity index is 911.